The molecule has 0 radical (unpaired) electrons. The van der Waals surface area contributed by atoms with Crippen LogP contribution in [0.25, 0.3) is 0 Å². The third-order valence-electron chi connectivity index (χ3n) is 4.47. The van der Waals surface area contributed by atoms with Crippen LogP contribution in [0.2, 0.25) is 0 Å². The number of likely N-dealkylation sites (N-methyl/N-ethyl adjacent to an activating group) is 1. The Morgan fingerprint density at radius 1 is 1.43 bits per heavy atom. The topological polar surface area (TPSA) is 67.8 Å². The molecule has 2 aliphatic rings. The van der Waals surface area contributed by atoms with Crippen LogP contribution >= 0.6 is 0 Å². The molecule has 0 spiro atoms. The van der Waals surface area contributed by atoms with Crippen LogP contribution in [0, 0.1) is 6.92 Å². The highest BCUT2D eigenvalue weighted by Crippen LogP contribution is 2.33. The van der Waals surface area contributed by atoms with E-state index in [4.69, 9.17) is 9.47 Å². The average Bonchev–Trinajstić information content (AvgIpc) is 2.92. The summed E-state index contributed by atoms with van der Waals surface area (Å²) >= 11 is 0. The normalized spacial score (nSPS) is 26.9. The van der Waals surface area contributed by atoms with Crippen LogP contribution in [-0.2, 0) is 14.3 Å². The summed E-state index contributed by atoms with van der Waals surface area (Å²) in [5.74, 6) is 0.812. The Hall–Kier alpha value is -1.73. The van der Waals surface area contributed by atoms with Gasteiger partial charge in [-0.2, -0.15) is 5.10 Å². The molecule has 2 aliphatic heterocycles. The first-order chi connectivity index (χ1) is 11.1. The molecule has 2 fully saturated rings. The van der Waals surface area contributed by atoms with Crippen LogP contribution in [-0.4, -0.2) is 73.1 Å². The molecule has 1 aromatic rings. The van der Waals surface area contributed by atoms with Crippen molar-refractivity contribution in [3.8, 4) is 0 Å². The molecule has 3 atom stereocenters. The SMILES string of the molecule is Cc1ccc(N2C[C@@H](OCC(=O)N(C)C)[C@H]3OCCC[C@H]32)nn1. The second-order valence-electron chi connectivity index (χ2n) is 6.37. The minimum absolute atomic E-state index is 0.0122. The Morgan fingerprint density at radius 3 is 2.96 bits per heavy atom. The van der Waals surface area contributed by atoms with Crippen molar-refractivity contribution in [3.05, 3.63) is 17.8 Å². The van der Waals surface area contributed by atoms with Crippen molar-refractivity contribution in [1.82, 2.24) is 15.1 Å². The zero-order valence-corrected chi connectivity index (χ0v) is 13.9. The molecule has 3 rings (SSSR count). The van der Waals surface area contributed by atoms with Gasteiger partial charge in [-0.25, -0.2) is 0 Å². The number of rotatable bonds is 4. The summed E-state index contributed by atoms with van der Waals surface area (Å²) < 4.78 is 11.8. The molecule has 0 aliphatic carbocycles. The number of amides is 1. The van der Waals surface area contributed by atoms with Crippen molar-refractivity contribution in [2.45, 2.75) is 38.0 Å². The Morgan fingerprint density at radius 2 is 2.26 bits per heavy atom. The van der Waals surface area contributed by atoms with E-state index in [0.29, 0.717) is 6.54 Å². The van der Waals surface area contributed by atoms with Crippen molar-refractivity contribution in [2.24, 2.45) is 0 Å². The third kappa shape index (κ3) is 3.45. The summed E-state index contributed by atoms with van der Waals surface area (Å²) in [6.45, 7) is 3.42. The largest absolute Gasteiger partial charge is 0.373 e. The smallest absolute Gasteiger partial charge is 0.248 e. The molecule has 3 heterocycles. The van der Waals surface area contributed by atoms with Gasteiger partial charge in [0.2, 0.25) is 5.91 Å². The van der Waals surface area contributed by atoms with Gasteiger partial charge in [-0.05, 0) is 31.9 Å². The van der Waals surface area contributed by atoms with Crippen molar-refractivity contribution in [1.29, 1.82) is 0 Å². The predicted molar refractivity (Wildman–Crippen MR) is 85.3 cm³/mol. The first-order valence-electron chi connectivity index (χ1n) is 8.06. The summed E-state index contributed by atoms with van der Waals surface area (Å²) in [5, 5.41) is 8.45. The van der Waals surface area contributed by atoms with Gasteiger partial charge in [-0.3, -0.25) is 4.79 Å². The first kappa shape index (κ1) is 16.1. The van der Waals surface area contributed by atoms with E-state index in [2.05, 4.69) is 15.1 Å². The van der Waals surface area contributed by atoms with Gasteiger partial charge >= 0.3 is 0 Å². The first-order valence-corrected chi connectivity index (χ1v) is 8.06. The van der Waals surface area contributed by atoms with Crippen molar-refractivity contribution < 1.29 is 14.3 Å². The Bertz CT molecular complexity index is 549. The quantitative estimate of drug-likeness (QED) is 0.810. The molecular formula is C16H24N4O3. The lowest BCUT2D eigenvalue weighted by Crippen LogP contribution is -2.42. The Balaban J connectivity index is 1.72. The Labute approximate surface area is 136 Å². The van der Waals surface area contributed by atoms with Gasteiger partial charge in [-0.1, -0.05) is 0 Å². The minimum atomic E-state index is -0.118. The number of carbonyl (C=O) groups is 1. The van der Waals surface area contributed by atoms with Gasteiger partial charge in [-0.15, -0.1) is 5.10 Å². The second kappa shape index (κ2) is 6.80. The summed E-state index contributed by atoms with van der Waals surface area (Å²) in [7, 11) is 3.46. The van der Waals surface area contributed by atoms with Gasteiger partial charge in [0.1, 0.15) is 18.8 Å². The van der Waals surface area contributed by atoms with Crippen molar-refractivity contribution in [2.75, 3.05) is 38.8 Å². The minimum Gasteiger partial charge on any atom is -0.373 e. The molecule has 23 heavy (non-hydrogen) atoms. The molecular weight excluding hydrogens is 296 g/mol. The van der Waals surface area contributed by atoms with Crippen molar-refractivity contribution in [3.63, 3.8) is 0 Å². The van der Waals surface area contributed by atoms with Crippen LogP contribution in [0.15, 0.2) is 12.1 Å². The number of hydrogen-bond donors (Lipinski definition) is 0. The van der Waals surface area contributed by atoms with Crippen LogP contribution in [0.1, 0.15) is 18.5 Å². The van der Waals surface area contributed by atoms with E-state index >= 15 is 0 Å². The third-order valence-corrected chi connectivity index (χ3v) is 4.47. The highest BCUT2D eigenvalue weighted by molar-refractivity contribution is 5.76. The molecule has 1 amide bonds. The lowest BCUT2D eigenvalue weighted by atomic mass is 10.0. The lowest BCUT2D eigenvalue weighted by molar-refractivity contribution is -0.139. The molecule has 1 aromatic heterocycles. The fourth-order valence-corrected chi connectivity index (χ4v) is 3.17. The van der Waals surface area contributed by atoms with Gasteiger partial charge in [0, 0.05) is 27.2 Å². The summed E-state index contributed by atoms with van der Waals surface area (Å²) in [6.07, 6.45) is 1.94. The monoisotopic (exact) mass is 320 g/mol. The molecule has 126 valence electrons. The van der Waals surface area contributed by atoms with E-state index < -0.39 is 0 Å². The fourth-order valence-electron chi connectivity index (χ4n) is 3.17. The summed E-state index contributed by atoms with van der Waals surface area (Å²) in [5.41, 5.74) is 0.897. The van der Waals surface area contributed by atoms with Crippen LogP contribution in [0.4, 0.5) is 5.82 Å². The summed E-state index contributed by atoms with van der Waals surface area (Å²) in [6, 6.07) is 4.19. The number of fused-ring (bicyclic) bond motifs is 1. The maximum absolute atomic E-state index is 11.8. The average molecular weight is 320 g/mol. The highest BCUT2D eigenvalue weighted by atomic mass is 16.5. The van der Waals surface area contributed by atoms with Gasteiger partial charge < -0.3 is 19.3 Å². The van der Waals surface area contributed by atoms with E-state index in [0.717, 1.165) is 31.0 Å². The Kier molecular flexibility index (Phi) is 4.77. The van der Waals surface area contributed by atoms with E-state index in [1.807, 2.05) is 19.1 Å². The van der Waals surface area contributed by atoms with Crippen molar-refractivity contribution >= 4 is 11.7 Å². The molecule has 0 bridgehead atoms. The summed E-state index contributed by atoms with van der Waals surface area (Å²) in [4.78, 5) is 15.5. The number of aromatic nitrogens is 2. The van der Waals surface area contributed by atoms with Crippen LogP contribution in [0.3, 0.4) is 0 Å². The van der Waals surface area contributed by atoms with E-state index in [9.17, 15) is 4.79 Å². The number of nitrogens with zero attached hydrogens (tertiary/aromatic N) is 4. The molecule has 0 unspecified atom stereocenters. The molecule has 0 aromatic carbocycles. The highest BCUT2D eigenvalue weighted by Gasteiger charge is 2.45. The van der Waals surface area contributed by atoms with Gasteiger partial charge in [0.25, 0.3) is 0 Å². The predicted octanol–water partition coefficient (Wildman–Crippen LogP) is 0.626. The number of ether oxygens (including phenoxy) is 2. The standard InChI is InChI=1S/C16H24N4O3/c1-11-6-7-14(18-17-11)20-9-13(23-10-15(21)19(2)3)16-12(20)5-4-8-22-16/h6-7,12-13,16H,4-5,8-10H2,1-3H3/t12-,13-,16+/m1/s1. The lowest BCUT2D eigenvalue weighted by Gasteiger charge is -2.32. The number of anilines is 1. The molecule has 7 nitrogen and oxygen atoms in total. The molecule has 7 heteroatoms. The van der Waals surface area contributed by atoms with E-state index in [-0.39, 0.29) is 30.8 Å². The van der Waals surface area contributed by atoms with E-state index in [1.54, 1.807) is 14.1 Å². The fraction of sp³-hybridized carbons (Fsp3) is 0.688. The molecule has 2 saturated heterocycles. The number of hydrogen-bond acceptors (Lipinski definition) is 6. The molecule has 0 N–H and O–H groups in total. The van der Waals surface area contributed by atoms with Crippen LogP contribution in [0.5, 0.6) is 0 Å². The second-order valence-corrected chi connectivity index (χ2v) is 6.37. The van der Waals surface area contributed by atoms with Gasteiger partial charge in [0.15, 0.2) is 5.82 Å². The number of aryl methyl sites for hydroxylation is 1. The number of carbonyl (C=O) groups excluding carboxylic acids is 1. The zero-order chi connectivity index (χ0) is 16.4. The maximum Gasteiger partial charge on any atom is 0.248 e. The van der Waals surface area contributed by atoms with Gasteiger partial charge in [0.05, 0.1) is 11.7 Å². The zero-order valence-electron chi connectivity index (χ0n) is 13.9. The van der Waals surface area contributed by atoms with Crippen LogP contribution < -0.4 is 4.90 Å². The van der Waals surface area contributed by atoms with E-state index in [1.165, 1.54) is 4.90 Å². The maximum atomic E-state index is 11.8. The molecule has 0 saturated carbocycles.